The van der Waals surface area contributed by atoms with Crippen LogP contribution in [0.5, 0.6) is 5.75 Å². The number of benzene rings is 1. The van der Waals surface area contributed by atoms with Gasteiger partial charge in [-0.1, -0.05) is 41.1 Å². The highest BCUT2D eigenvalue weighted by atomic mass is 35.5. The van der Waals surface area contributed by atoms with E-state index in [9.17, 15) is 0 Å². The molecule has 0 bridgehead atoms. The maximum Gasteiger partial charge on any atom is 0.139 e. The first-order valence-electron chi connectivity index (χ1n) is 5.46. The minimum atomic E-state index is -0.137. The van der Waals surface area contributed by atoms with Gasteiger partial charge in [-0.15, -0.1) is 11.3 Å². The topological polar surface area (TPSA) is 29.5 Å². The van der Waals surface area contributed by atoms with Gasteiger partial charge in [-0.2, -0.15) is 0 Å². The van der Waals surface area contributed by atoms with Crippen molar-refractivity contribution in [2.24, 2.45) is 0 Å². The van der Waals surface area contributed by atoms with E-state index in [2.05, 4.69) is 11.8 Å². The molecule has 2 aromatic rings. The molecule has 0 saturated heterocycles. The lowest BCUT2D eigenvalue weighted by Gasteiger charge is -2.07. The highest BCUT2D eigenvalue weighted by molar-refractivity contribution is 7.12. The van der Waals surface area contributed by atoms with E-state index in [1.54, 1.807) is 18.2 Å². The molecule has 2 nitrogen and oxygen atoms in total. The van der Waals surface area contributed by atoms with Crippen molar-refractivity contribution >= 4 is 34.5 Å². The standard InChI is InChI=1S/C14H10Cl2O2S/c15-12-4-1-5-13(14(12)16)18-9-11-7-6-10(19-11)3-2-8-17/h1,4-7,17H,8-9H2. The molecule has 19 heavy (non-hydrogen) atoms. The predicted molar refractivity (Wildman–Crippen MR) is 79.1 cm³/mol. The Morgan fingerprint density at radius 3 is 2.84 bits per heavy atom. The second kappa shape index (κ2) is 6.83. The number of aliphatic hydroxyl groups excluding tert-OH is 1. The summed E-state index contributed by atoms with van der Waals surface area (Å²) in [5, 5.41) is 9.51. The summed E-state index contributed by atoms with van der Waals surface area (Å²) in [6.07, 6.45) is 0. The highest BCUT2D eigenvalue weighted by Gasteiger charge is 2.06. The molecule has 1 heterocycles. The number of rotatable bonds is 3. The number of ether oxygens (including phenoxy) is 1. The number of hydrogen-bond acceptors (Lipinski definition) is 3. The fraction of sp³-hybridized carbons (Fsp3) is 0.143. The normalized spacial score (nSPS) is 9.84. The van der Waals surface area contributed by atoms with Gasteiger partial charge in [0.15, 0.2) is 0 Å². The van der Waals surface area contributed by atoms with Crippen LogP contribution < -0.4 is 4.74 Å². The Kier molecular flexibility index (Phi) is 5.12. The summed E-state index contributed by atoms with van der Waals surface area (Å²) in [6.45, 7) is 0.271. The lowest BCUT2D eigenvalue weighted by molar-refractivity contribution is 0.310. The molecule has 2 rings (SSSR count). The molecule has 0 saturated carbocycles. The Morgan fingerprint density at radius 2 is 2.05 bits per heavy atom. The van der Waals surface area contributed by atoms with Crippen LogP contribution in [0.3, 0.4) is 0 Å². The van der Waals surface area contributed by atoms with Crippen LogP contribution in [0.25, 0.3) is 0 Å². The fourth-order valence-corrected chi connectivity index (χ4v) is 2.54. The van der Waals surface area contributed by atoms with E-state index in [0.29, 0.717) is 22.4 Å². The minimum absolute atomic E-state index is 0.137. The number of halogens is 2. The smallest absolute Gasteiger partial charge is 0.139 e. The molecule has 0 fully saturated rings. The summed E-state index contributed by atoms with van der Waals surface area (Å²) in [7, 11) is 0. The second-order valence-corrected chi connectivity index (χ2v) is 5.52. The van der Waals surface area contributed by atoms with Crippen LogP contribution in [0.4, 0.5) is 0 Å². The molecule has 0 amide bonds. The zero-order chi connectivity index (χ0) is 13.7. The molecule has 0 spiro atoms. The Bertz CT molecular complexity index is 626. The quantitative estimate of drug-likeness (QED) is 0.869. The third-order valence-corrected chi connectivity index (χ3v) is 4.01. The van der Waals surface area contributed by atoms with E-state index < -0.39 is 0 Å². The van der Waals surface area contributed by atoms with Crippen molar-refractivity contribution in [2.75, 3.05) is 6.61 Å². The molecule has 0 aliphatic heterocycles. The van der Waals surface area contributed by atoms with E-state index in [1.807, 2.05) is 12.1 Å². The lowest BCUT2D eigenvalue weighted by atomic mass is 10.3. The largest absolute Gasteiger partial charge is 0.486 e. The van der Waals surface area contributed by atoms with Crippen molar-refractivity contribution < 1.29 is 9.84 Å². The van der Waals surface area contributed by atoms with Crippen LogP contribution in [0.1, 0.15) is 9.75 Å². The van der Waals surface area contributed by atoms with Crippen LogP contribution >= 0.6 is 34.5 Å². The molecule has 5 heteroatoms. The number of hydrogen-bond donors (Lipinski definition) is 1. The Hall–Kier alpha value is -1.18. The van der Waals surface area contributed by atoms with E-state index in [4.69, 9.17) is 33.0 Å². The van der Waals surface area contributed by atoms with E-state index in [0.717, 1.165) is 9.75 Å². The molecular weight excluding hydrogens is 303 g/mol. The summed E-state index contributed by atoms with van der Waals surface area (Å²) >= 11 is 13.5. The Labute approximate surface area is 125 Å². The molecule has 0 unspecified atom stereocenters. The lowest BCUT2D eigenvalue weighted by Crippen LogP contribution is -1.93. The van der Waals surface area contributed by atoms with Gasteiger partial charge >= 0.3 is 0 Å². The van der Waals surface area contributed by atoms with Gasteiger partial charge in [0.05, 0.1) is 9.90 Å². The molecule has 0 aliphatic carbocycles. The summed E-state index contributed by atoms with van der Waals surface area (Å²) in [5.74, 6) is 6.01. The first kappa shape index (κ1) is 14.2. The number of thiophene rings is 1. The van der Waals surface area contributed by atoms with Crippen molar-refractivity contribution in [3.8, 4) is 17.6 Å². The zero-order valence-electron chi connectivity index (χ0n) is 9.82. The maximum absolute atomic E-state index is 8.62. The average molecular weight is 313 g/mol. The monoisotopic (exact) mass is 312 g/mol. The highest BCUT2D eigenvalue weighted by Crippen LogP contribution is 2.32. The fourth-order valence-electron chi connectivity index (χ4n) is 1.39. The van der Waals surface area contributed by atoms with Gasteiger partial charge in [-0.05, 0) is 24.3 Å². The molecular formula is C14H10Cl2O2S. The molecule has 98 valence electrons. The molecule has 0 atom stereocenters. The maximum atomic E-state index is 8.62. The Balaban J connectivity index is 2.02. The van der Waals surface area contributed by atoms with Crippen molar-refractivity contribution in [3.63, 3.8) is 0 Å². The summed E-state index contributed by atoms with van der Waals surface area (Å²) in [6, 6.07) is 9.10. The van der Waals surface area contributed by atoms with Crippen LogP contribution in [0, 0.1) is 11.8 Å². The molecule has 0 aliphatic rings. The molecule has 1 aromatic heterocycles. The van der Waals surface area contributed by atoms with Gasteiger partial charge in [0.25, 0.3) is 0 Å². The van der Waals surface area contributed by atoms with Gasteiger partial charge in [0.2, 0.25) is 0 Å². The summed E-state index contributed by atoms with van der Waals surface area (Å²) < 4.78 is 5.62. The third kappa shape index (κ3) is 3.89. The van der Waals surface area contributed by atoms with Crippen molar-refractivity contribution in [1.29, 1.82) is 0 Å². The predicted octanol–water partition coefficient (Wildman–Crippen LogP) is 3.98. The summed E-state index contributed by atoms with van der Waals surface area (Å²) in [5.41, 5.74) is 0. The zero-order valence-corrected chi connectivity index (χ0v) is 12.1. The van der Waals surface area contributed by atoms with Crippen LogP contribution in [0.15, 0.2) is 30.3 Å². The minimum Gasteiger partial charge on any atom is -0.486 e. The summed E-state index contributed by atoms with van der Waals surface area (Å²) in [4.78, 5) is 1.92. The van der Waals surface area contributed by atoms with Crippen LogP contribution in [-0.2, 0) is 6.61 Å². The molecule has 1 aromatic carbocycles. The van der Waals surface area contributed by atoms with E-state index in [1.165, 1.54) is 11.3 Å². The second-order valence-electron chi connectivity index (χ2n) is 3.57. The van der Waals surface area contributed by atoms with Crippen LogP contribution in [0.2, 0.25) is 10.0 Å². The van der Waals surface area contributed by atoms with E-state index in [-0.39, 0.29) is 6.61 Å². The Morgan fingerprint density at radius 1 is 1.21 bits per heavy atom. The number of aliphatic hydroxyl groups is 1. The van der Waals surface area contributed by atoms with Crippen molar-refractivity contribution in [2.45, 2.75) is 6.61 Å². The van der Waals surface area contributed by atoms with Crippen molar-refractivity contribution in [3.05, 3.63) is 50.1 Å². The van der Waals surface area contributed by atoms with E-state index >= 15 is 0 Å². The van der Waals surface area contributed by atoms with Gasteiger partial charge in [-0.25, -0.2) is 0 Å². The van der Waals surface area contributed by atoms with Gasteiger partial charge in [0, 0.05) is 4.88 Å². The van der Waals surface area contributed by atoms with Gasteiger partial charge in [-0.3, -0.25) is 0 Å². The average Bonchev–Trinajstić information content (AvgIpc) is 2.86. The van der Waals surface area contributed by atoms with Crippen LogP contribution in [-0.4, -0.2) is 11.7 Å². The van der Waals surface area contributed by atoms with Gasteiger partial charge in [0.1, 0.15) is 24.0 Å². The first-order valence-corrected chi connectivity index (χ1v) is 7.03. The molecule has 0 radical (unpaired) electrons. The van der Waals surface area contributed by atoms with Gasteiger partial charge < -0.3 is 9.84 Å². The first-order chi connectivity index (χ1) is 9.20. The third-order valence-electron chi connectivity index (χ3n) is 2.24. The SMILES string of the molecule is OCC#Cc1ccc(COc2cccc(Cl)c2Cl)s1. The van der Waals surface area contributed by atoms with Crippen molar-refractivity contribution in [1.82, 2.24) is 0 Å². The molecule has 1 N–H and O–H groups in total.